The number of hydrogen-bond donors (Lipinski definition) is 0. The van der Waals surface area contributed by atoms with Gasteiger partial charge in [-0.15, -0.1) is 0 Å². The average Bonchev–Trinajstić information content (AvgIpc) is 2.61. The molecule has 1 saturated heterocycles. The fraction of sp³-hybridized carbons (Fsp3) is 0.143. The molecule has 124 valence electrons. The summed E-state index contributed by atoms with van der Waals surface area (Å²) in [4.78, 5) is 14.8. The van der Waals surface area contributed by atoms with Crippen LogP contribution in [0.2, 0.25) is 0 Å². The van der Waals surface area contributed by atoms with Gasteiger partial charge in [0.2, 0.25) is 0 Å². The van der Waals surface area contributed by atoms with Crippen molar-refractivity contribution >= 4 is 17.9 Å². The number of likely N-dealkylation sites (N-methyl/N-ethyl adjacent to an activating group) is 1. The SMILES string of the molecule is CN1C/C(=C\c2ccc(F)cc2)C(=O)/C(=C/c2ccc(C#N)cc2)C1. The van der Waals surface area contributed by atoms with Gasteiger partial charge in [-0.25, -0.2) is 4.39 Å². The Labute approximate surface area is 146 Å². The molecule has 25 heavy (non-hydrogen) atoms. The zero-order valence-corrected chi connectivity index (χ0v) is 13.9. The Morgan fingerprint density at radius 1 is 0.960 bits per heavy atom. The Kier molecular flexibility index (Phi) is 4.87. The minimum absolute atomic E-state index is 0.00628. The number of carbonyl (C=O) groups excluding carboxylic acids is 1. The molecule has 1 heterocycles. The predicted octanol–water partition coefficient (Wildman–Crippen LogP) is 3.68. The molecule has 0 saturated carbocycles. The summed E-state index contributed by atoms with van der Waals surface area (Å²) in [7, 11) is 1.96. The van der Waals surface area contributed by atoms with Crippen molar-refractivity contribution in [2.24, 2.45) is 0 Å². The normalized spacial score (nSPS) is 18.5. The highest BCUT2D eigenvalue weighted by atomic mass is 19.1. The summed E-state index contributed by atoms with van der Waals surface area (Å²) in [6.45, 7) is 1.13. The van der Waals surface area contributed by atoms with Gasteiger partial charge in [-0.2, -0.15) is 5.26 Å². The Bertz CT molecular complexity index is 887. The van der Waals surface area contributed by atoms with Crippen molar-refractivity contribution in [3.63, 3.8) is 0 Å². The highest BCUT2D eigenvalue weighted by Crippen LogP contribution is 2.21. The van der Waals surface area contributed by atoms with Crippen molar-refractivity contribution in [3.05, 3.63) is 82.2 Å². The molecule has 0 radical (unpaired) electrons. The van der Waals surface area contributed by atoms with Gasteiger partial charge in [-0.1, -0.05) is 24.3 Å². The van der Waals surface area contributed by atoms with Crippen LogP contribution in [0, 0.1) is 17.1 Å². The molecule has 0 aliphatic carbocycles. The topological polar surface area (TPSA) is 44.1 Å². The number of likely N-dealkylation sites (tertiary alicyclic amines) is 1. The molecule has 2 aromatic rings. The van der Waals surface area contributed by atoms with Crippen molar-refractivity contribution in [1.82, 2.24) is 4.90 Å². The van der Waals surface area contributed by atoms with Crippen LogP contribution in [0.1, 0.15) is 16.7 Å². The number of ketones is 1. The third kappa shape index (κ3) is 4.09. The zero-order chi connectivity index (χ0) is 17.8. The second-order valence-electron chi connectivity index (χ2n) is 6.13. The van der Waals surface area contributed by atoms with E-state index in [2.05, 4.69) is 11.0 Å². The average molecular weight is 332 g/mol. The van der Waals surface area contributed by atoms with Gasteiger partial charge in [0.05, 0.1) is 11.6 Å². The Morgan fingerprint density at radius 3 is 1.92 bits per heavy atom. The molecule has 0 atom stereocenters. The van der Waals surface area contributed by atoms with Gasteiger partial charge in [-0.05, 0) is 54.6 Å². The Hall–Kier alpha value is -3.03. The summed E-state index contributed by atoms with van der Waals surface area (Å²) in [5, 5.41) is 8.86. The van der Waals surface area contributed by atoms with Gasteiger partial charge in [0.15, 0.2) is 5.78 Å². The molecule has 3 rings (SSSR count). The first kappa shape index (κ1) is 16.8. The summed E-state index contributed by atoms with van der Waals surface area (Å²) < 4.78 is 13.0. The van der Waals surface area contributed by atoms with Gasteiger partial charge in [0.1, 0.15) is 5.82 Å². The number of piperidine rings is 1. The number of carbonyl (C=O) groups is 1. The summed E-state index contributed by atoms with van der Waals surface area (Å²) in [5.41, 5.74) is 3.66. The van der Waals surface area contributed by atoms with E-state index in [0.29, 0.717) is 29.8 Å². The van der Waals surface area contributed by atoms with E-state index in [-0.39, 0.29) is 11.6 Å². The van der Waals surface area contributed by atoms with Gasteiger partial charge < -0.3 is 0 Å². The minimum Gasteiger partial charge on any atom is -0.298 e. The Morgan fingerprint density at radius 2 is 1.44 bits per heavy atom. The summed E-state index contributed by atoms with van der Waals surface area (Å²) >= 11 is 0. The van der Waals surface area contributed by atoms with Crippen molar-refractivity contribution < 1.29 is 9.18 Å². The van der Waals surface area contributed by atoms with E-state index in [0.717, 1.165) is 11.1 Å². The highest BCUT2D eigenvalue weighted by Gasteiger charge is 2.23. The van der Waals surface area contributed by atoms with Crippen molar-refractivity contribution in [1.29, 1.82) is 5.26 Å². The van der Waals surface area contributed by atoms with Gasteiger partial charge in [-0.3, -0.25) is 9.69 Å². The molecule has 0 amide bonds. The molecule has 0 spiro atoms. The second kappa shape index (κ2) is 7.25. The summed E-state index contributed by atoms with van der Waals surface area (Å²) in [6.07, 6.45) is 3.67. The van der Waals surface area contributed by atoms with E-state index in [9.17, 15) is 9.18 Å². The minimum atomic E-state index is -0.296. The fourth-order valence-corrected chi connectivity index (χ4v) is 2.82. The zero-order valence-electron chi connectivity index (χ0n) is 13.9. The van der Waals surface area contributed by atoms with E-state index in [1.807, 2.05) is 31.3 Å². The molecule has 3 nitrogen and oxygen atoms in total. The number of halogens is 1. The number of Topliss-reactive ketones (excluding diaryl/α,β-unsaturated/α-hetero) is 1. The summed E-state index contributed by atoms with van der Waals surface area (Å²) in [6, 6.07) is 15.3. The maximum Gasteiger partial charge on any atom is 0.187 e. The van der Waals surface area contributed by atoms with E-state index in [1.54, 1.807) is 24.3 Å². The smallest absolute Gasteiger partial charge is 0.187 e. The lowest BCUT2D eigenvalue weighted by molar-refractivity contribution is -0.113. The van der Waals surface area contributed by atoms with Gasteiger partial charge >= 0.3 is 0 Å². The van der Waals surface area contributed by atoms with Gasteiger partial charge in [0, 0.05) is 24.2 Å². The van der Waals surface area contributed by atoms with Crippen LogP contribution in [-0.4, -0.2) is 30.8 Å². The lowest BCUT2D eigenvalue weighted by Gasteiger charge is -2.26. The maximum atomic E-state index is 13.0. The third-order valence-electron chi connectivity index (χ3n) is 4.06. The molecule has 0 aromatic heterocycles. The second-order valence-corrected chi connectivity index (χ2v) is 6.13. The van der Waals surface area contributed by atoms with Crippen LogP contribution >= 0.6 is 0 Å². The van der Waals surface area contributed by atoms with Crippen molar-refractivity contribution in [3.8, 4) is 6.07 Å². The number of rotatable bonds is 2. The van der Waals surface area contributed by atoms with Crippen LogP contribution in [0.15, 0.2) is 59.7 Å². The first-order valence-corrected chi connectivity index (χ1v) is 7.95. The molecule has 1 aliphatic heterocycles. The van der Waals surface area contributed by atoms with Crippen LogP contribution in [-0.2, 0) is 4.79 Å². The molecule has 1 aliphatic rings. The van der Waals surface area contributed by atoms with Crippen LogP contribution in [0.5, 0.6) is 0 Å². The van der Waals surface area contributed by atoms with E-state index in [4.69, 9.17) is 5.26 Å². The lowest BCUT2D eigenvalue weighted by atomic mass is 9.94. The van der Waals surface area contributed by atoms with Crippen molar-refractivity contribution in [2.75, 3.05) is 20.1 Å². The first-order valence-electron chi connectivity index (χ1n) is 7.95. The quantitative estimate of drug-likeness (QED) is 0.788. The largest absolute Gasteiger partial charge is 0.298 e. The van der Waals surface area contributed by atoms with Crippen molar-refractivity contribution in [2.45, 2.75) is 0 Å². The van der Waals surface area contributed by atoms with Gasteiger partial charge in [0.25, 0.3) is 0 Å². The molecule has 2 aromatic carbocycles. The molecule has 4 heteroatoms. The fourth-order valence-electron chi connectivity index (χ4n) is 2.82. The number of nitrogens with zero attached hydrogens (tertiary/aromatic N) is 2. The van der Waals surface area contributed by atoms with E-state index < -0.39 is 0 Å². The summed E-state index contributed by atoms with van der Waals surface area (Å²) in [5.74, 6) is -0.289. The maximum absolute atomic E-state index is 13.0. The van der Waals surface area contributed by atoms with Crippen LogP contribution in [0.3, 0.4) is 0 Å². The predicted molar refractivity (Wildman–Crippen MR) is 96.0 cm³/mol. The third-order valence-corrected chi connectivity index (χ3v) is 4.06. The number of benzene rings is 2. The standard InChI is InChI=1S/C21H17FN2O/c1-24-13-18(10-15-2-4-17(12-23)5-3-15)21(25)19(14-24)11-16-6-8-20(22)9-7-16/h2-11H,13-14H2,1H3/b18-10+,19-11+. The highest BCUT2D eigenvalue weighted by molar-refractivity contribution is 6.14. The molecular formula is C21H17FN2O. The molecule has 1 fully saturated rings. The number of hydrogen-bond acceptors (Lipinski definition) is 3. The van der Waals surface area contributed by atoms with Crippen LogP contribution < -0.4 is 0 Å². The molecule has 0 N–H and O–H groups in total. The number of nitriles is 1. The van der Waals surface area contributed by atoms with Crippen LogP contribution in [0.25, 0.3) is 12.2 Å². The monoisotopic (exact) mass is 332 g/mol. The molecule has 0 unspecified atom stereocenters. The Balaban J connectivity index is 1.90. The molecular weight excluding hydrogens is 315 g/mol. The van der Waals surface area contributed by atoms with E-state index in [1.165, 1.54) is 12.1 Å². The molecule has 0 bridgehead atoms. The lowest BCUT2D eigenvalue weighted by Crippen LogP contribution is -2.34. The first-order chi connectivity index (χ1) is 12.0. The van der Waals surface area contributed by atoms with E-state index >= 15 is 0 Å². The van der Waals surface area contributed by atoms with Crippen LogP contribution in [0.4, 0.5) is 4.39 Å².